The number of amides is 1. The van der Waals surface area contributed by atoms with Crippen molar-refractivity contribution in [2.75, 3.05) is 18.5 Å². The van der Waals surface area contributed by atoms with Crippen LogP contribution < -0.4 is 15.8 Å². The summed E-state index contributed by atoms with van der Waals surface area (Å²) in [6, 6.07) is 8.91. The van der Waals surface area contributed by atoms with Gasteiger partial charge in [-0.25, -0.2) is 0 Å². The largest absolute Gasteiger partial charge is 0.492 e. The Balaban J connectivity index is 0.00000264. The maximum atomic E-state index is 12.2. The lowest BCUT2D eigenvalue weighted by Gasteiger charge is -2.14. The minimum Gasteiger partial charge on any atom is -0.492 e. The lowest BCUT2D eigenvalue weighted by atomic mass is 9.92. The number of nitrogens with zero attached hydrogens (tertiary/aromatic N) is 1. The van der Waals surface area contributed by atoms with E-state index >= 15 is 0 Å². The summed E-state index contributed by atoms with van der Waals surface area (Å²) in [5.74, 6) is 0.473. The van der Waals surface area contributed by atoms with Crippen molar-refractivity contribution in [2.24, 2.45) is 5.73 Å². The Morgan fingerprint density at radius 3 is 2.48 bits per heavy atom. The predicted molar refractivity (Wildman–Crippen MR) is 93.5 cm³/mol. The van der Waals surface area contributed by atoms with Crippen molar-refractivity contribution >= 4 is 24.0 Å². The molecule has 0 bridgehead atoms. The molecule has 0 aliphatic heterocycles. The number of aromatic amines is 1. The minimum absolute atomic E-state index is 0. The second kappa shape index (κ2) is 7.99. The van der Waals surface area contributed by atoms with Gasteiger partial charge >= 0.3 is 0 Å². The highest BCUT2D eigenvalue weighted by atomic mass is 35.5. The molecule has 2 aromatic rings. The fourth-order valence-electron chi connectivity index (χ4n) is 1.83. The Hall–Kier alpha value is -2.05. The van der Waals surface area contributed by atoms with Crippen molar-refractivity contribution < 1.29 is 9.53 Å². The molecule has 0 fully saturated rings. The third-order valence-electron chi connectivity index (χ3n) is 3.12. The molecular formula is C16H23ClN4O2. The first kappa shape index (κ1) is 19.0. The number of nitrogens with one attached hydrogen (secondary N) is 2. The zero-order valence-electron chi connectivity index (χ0n) is 13.6. The number of hydrogen-bond donors (Lipinski definition) is 3. The van der Waals surface area contributed by atoms with Gasteiger partial charge in [0.15, 0.2) is 5.69 Å². The fraction of sp³-hybridized carbons (Fsp3) is 0.375. The average molecular weight is 339 g/mol. The molecule has 0 saturated heterocycles. The summed E-state index contributed by atoms with van der Waals surface area (Å²) in [5, 5.41) is 9.77. The van der Waals surface area contributed by atoms with Gasteiger partial charge in [0.1, 0.15) is 12.4 Å². The van der Waals surface area contributed by atoms with Crippen LogP contribution in [0.5, 0.6) is 5.75 Å². The van der Waals surface area contributed by atoms with Crippen LogP contribution in [0.15, 0.2) is 30.3 Å². The maximum absolute atomic E-state index is 12.2. The normalized spacial score (nSPS) is 10.8. The lowest BCUT2D eigenvalue weighted by Crippen LogP contribution is -2.13. The number of carbonyl (C=O) groups is 1. The monoisotopic (exact) mass is 338 g/mol. The first-order valence-corrected chi connectivity index (χ1v) is 7.20. The number of benzene rings is 1. The van der Waals surface area contributed by atoms with Gasteiger partial charge in [0.05, 0.1) is 0 Å². The van der Waals surface area contributed by atoms with E-state index in [0.717, 1.165) is 11.4 Å². The van der Waals surface area contributed by atoms with E-state index in [1.165, 1.54) is 0 Å². The summed E-state index contributed by atoms with van der Waals surface area (Å²) in [5.41, 5.74) is 7.28. The Labute approximate surface area is 142 Å². The molecule has 23 heavy (non-hydrogen) atoms. The van der Waals surface area contributed by atoms with Crippen LogP contribution in [0.2, 0.25) is 0 Å². The number of nitrogens with two attached hydrogens (primary N) is 1. The number of halogens is 1. The molecule has 0 saturated carbocycles. The van der Waals surface area contributed by atoms with Gasteiger partial charge in [-0.3, -0.25) is 9.89 Å². The van der Waals surface area contributed by atoms with Crippen LogP contribution in [-0.2, 0) is 5.41 Å². The van der Waals surface area contributed by atoms with E-state index in [2.05, 4.69) is 36.3 Å². The summed E-state index contributed by atoms with van der Waals surface area (Å²) in [7, 11) is 0. The Morgan fingerprint density at radius 2 is 1.96 bits per heavy atom. The molecule has 1 aromatic carbocycles. The van der Waals surface area contributed by atoms with E-state index in [0.29, 0.717) is 24.5 Å². The number of H-pyrrole nitrogens is 1. The van der Waals surface area contributed by atoms with Crippen LogP contribution in [0.4, 0.5) is 5.69 Å². The van der Waals surface area contributed by atoms with Gasteiger partial charge in [0, 0.05) is 23.3 Å². The van der Waals surface area contributed by atoms with Gasteiger partial charge < -0.3 is 15.8 Å². The molecule has 126 valence electrons. The van der Waals surface area contributed by atoms with Gasteiger partial charge in [0.2, 0.25) is 0 Å². The average Bonchev–Trinajstić information content (AvgIpc) is 2.96. The molecule has 4 N–H and O–H groups in total. The van der Waals surface area contributed by atoms with Crippen LogP contribution in [-0.4, -0.2) is 29.3 Å². The first-order valence-electron chi connectivity index (χ1n) is 7.20. The summed E-state index contributed by atoms with van der Waals surface area (Å²) in [4.78, 5) is 12.2. The summed E-state index contributed by atoms with van der Waals surface area (Å²) in [6.07, 6.45) is 0. The molecule has 0 unspecified atom stereocenters. The van der Waals surface area contributed by atoms with E-state index in [1.807, 2.05) is 0 Å². The van der Waals surface area contributed by atoms with Crippen molar-refractivity contribution in [3.05, 3.63) is 41.7 Å². The number of carbonyl (C=O) groups excluding carboxylic acids is 1. The molecule has 1 amide bonds. The van der Waals surface area contributed by atoms with E-state index in [1.54, 1.807) is 30.3 Å². The van der Waals surface area contributed by atoms with E-state index in [9.17, 15) is 4.79 Å². The number of rotatable bonds is 5. The third-order valence-corrected chi connectivity index (χ3v) is 3.12. The maximum Gasteiger partial charge on any atom is 0.276 e. The van der Waals surface area contributed by atoms with Crippen LogP contribution in [0.25, 0.3) is 0 Å². The third kappa shape index (κ3) is 5.26. The molecular weight excluding hydrogens is 316 g/mol. The van der Waals surface area contributed by atoms with Gasteiger partial charge in [-0.2, -0.15) is 5.10 Å². The second-order valence-electron chi connectivity index (χ2n) is 6.03. The molecule has 1 aromatic heterocycles. The summed E-state index contributed by atoms with van der Waals surface area (Å²) >= 11 is 0. The van der Waals surface area contributed by atoms with E-state index < -0.39 is 0 Å². The van der Waals surface area contributed by atoms with Gasteiger partial charge in [-0.1, -0.05) is 20.8 Å². The lowest BCUT2D eigenvalue weighted by molar-refractivity contribution is 0.102. The number of ether oxygens (including phenoxy) is 1. The highest BCUT2D eigenvalue weighted by molar-refractivity contribution is 6.02. The SMILES string of the molecule is CC(C)(C)c1cc(C(=O)Nc2ccc(OCCN)cc2)n[nH]1.Cl. The molecule has 6 nitrogen and oxygen atoms in total. The second-order valence-corrected chi connectivity index (χ2v) is 6.03. The topological polar surface area (TPSA) is 93.0 Å². The van der Waals surface area contributed by atoms with E-state index in [-0.39, 0.29) is 23.7 Å². The van der Waals surface area contributed by atoms with Gasteiger partial charge in [-0.15, -0.1) is 12.4 Å². The van der Waals surface area contributed by atoms with Crippen molar-refractivity contribution in [1.82, 2.24) is 10.2 Å². The molecule has 2 rings (SSSR count). The summed E-state index contributed by atoms with van der Waals surface area (Å²) < 4.78 is 5.39. The van der Waals surface area contributed by atoms with Gasteiger partial charge in [0.25, 0.3) is 5.91 Å². The molecule has 7 heteroatoms. The Kier molecular flexibility index (Phi) is 6.60. The number of hydrogen-bond acceptors (Lipinski definition) is 4. The quantitative estimate of drug-likeness (QED) is 0.781. The zero-order chi connectivity index (χ0) is 16.2. The molecule has 0 aliphatic carbocycles. The minimum atomic E-state index is -0.248. The fourth-order valence-corrected chi connectivity index (χ4v) is 1.83. The summed E-state index contributed by atoms with van der Waals surface area (Å²) in [6.45, 7) is 7.11. The molecule has 0 spiro atoms. The first-order chi connectivity index (χ1) is 10.4. The molecule has 0 aliphatic rings. The molecule has 1 heterocycles. The van der Waals surface area contributed by atoms with Crippen LogP contribution >= 0.6 is 12.4 Å². The standard InChI is InChI=1S/C16H22N4O2.ClH/c1-16(2,3)14-10-13(19-20-14)15(21)18-11-4-6-12(7-5-11)22-9-8-17;/h4-7,10H,8-9,17H2,1-3H3,(H,18,21)(H,19,20);1H. The Morgan fingerprint density at radius 1 is 1.30 bits per heavy atom. The van der Waals surface area contributed by atoms with Gasteiger partial charge in [-0.05, 0) is 30.3 Å². The van der Waals surface area contributed by atoms with Crippen molar-refractivity contribution in [3.8, 4) is 5.75 Å². The van der Waals surface area contributed by atoms with Crippen LogP contribution in [0, 0.1) is 0 Å². The smallest absolute Gasteiger partial charge is 0.276 e. The van der Waals surface area contributed by atoms with Crippen molar-refractivity contribution in [2.45, 2.75) is 26.2 Å². The Bertz CT molecular complexity index is 632. The van der Waals surface area contributed by atoms with Crippen LogP contribution in [0.3, 0.4) is 0 Å². The molecule has 0 radical (unpaired) electrons. The zero-order valence-corrected chi connectivity index (χ0v) is 14.4. The highest BCUT2D eigenvalue weighted by Gasteiger charge is 2.19. The van der Waals surface area contributed by atoms with Crippen molar-refractivity contribution in [1.29, 1.82) is 0 Å². The molecule has 0 atom stereocenters. The van der Waals surface area contributed by atoms with Crippen LogP contribution in [0.1, 0.15) is 37.0 Å². The van der Waals surface area contributed by atoms with E-state index in [4.69, 9.17) is 10.5 Å². The number of aromatic nitrogens is 2. The highest BCUT2D eigenvalue weighted by Crippen LogP contribution is 2.21. The van der Waals surface area contributed by atoms with Crippen molar-refractivity contribution in [3.63, 3.8) is 0 Å². The number of anilines is 1. The predicted octanol–water partition coefficient (Wildman–Crippen LogP) is 2.72.